The first-order valence-corrected chi connectivity index (χ1v) is 9.28. The lowest BCUT2D eigenvalue weighted by Gasteiger charge is -2.17. The number of ketones is 1. The summed E-state index contributed by atoms with van der Waals surface area (Å²) in [5.74, 6) is -4.46. The normalized spacial score (nSPS) is 12.5. The number of amides is 2. The lowest BCUT2D eigenvalue weighted by Crippen LogP contribution is -2.43. The van der Waals surface area contributed by atoms with E-state index in [4.69, 9.17) is 15.6 Å². The minimum atomic E-state index is -1.38. The smallest absolute Gasteiger partial charge is 0.326 e. The van der Waals surface area contributed by atoms with E-state index in [1.165, 1.54) is 26.2 Å². The molecule has 0 spiro atoms. The van der Waals surface area contributed by atoms with E-state index in [2.05, 4.69) is 5.32 Å². The van der Waals surface area contributed by atoms with Crippen LogP contribution in [0.15, 0.2) is 18.2 Å². The van der Waals surface area contributed by atoms with Gasteiger partial charge in [-0.25, -0.2) is 9.18 Å². The Hall–Kier alpha value is -2.95. The summed E-state index contributed by atoms with van der Waals surface area (Å²) < 4.78 is 18.7. The molecule has 0 aliphatic heterocycles. The molecule has 0 fully saturated rings. The van der Waals surface area contributed by atoms with Crippen molar-refractivity contribution in [2.45, 2.75) is 37.5 Å². The second-order valence-corrected chi connectivity index (χ2v) is 7.36. The molecular weight excluding hydrogens is 407 g/mol. The number of hydrogen-bond donors (Lipinski definition) is 3. The standard InChI is InChI=1S/C18H21FN2O7S/c1-9(22)29-14(17(25)10-3-5-13(28-2)11(19)7-10)8-16(24)21-12(18(26)27)4-6-15(20)23/h3,5,7,12,14H,4,6,8H2,1-2H3,(H2,20,23)(H,21,24)(H,26,27)/t12-,14?/m0/s1. The Labute approximate surface area is 170 Å². The molecule has 0 radical (unpaired) electrons. The Balaban J connectivity index is 2.94. The number of thioether (sulfide) groups is 1. The Bertz CT molecular complexity index is 815. The second-order valence-electron chi connectivity index (χ2n) is 5.98. The van der Waals surface area contributed by atoms with Gasteiger partial charge in [0.05, 0.1) is 12.4 Å². The van der Waals surface area contributed by atoms with E-state index in [1.54, 1.807) is 0 Å². The lowest BCUT2D eigenvalue weighted by atomic mass is 10.0. The van der Waals surface area contributed by atoms with Crippen LogP contribution in [0.3, 0.4) is 0 Å². The molecule has 9 nitrogen and oxygen atoms in total. The number of carboxylic acid groups (broad SMARTS) is 1. The van der Waals surface area contributed by atoms with Crippen LogP contribution in [-0.4, -0.2) is 52.2 Å². The molecule has 29 heavy (non-hydrogen) atoms. The van der Waals surface area contributed by atoms with Crippen LogP contribution in [0.5, 0.6) is 5.75 Å². The topological polar surface area (TPSA) is 153 Å². The Morgan fingerprint density at radius 3 is 2.41 bits per heavy atom. The van der Waals surface area contributed by atoms with E-state index in [1.807, 2.05) is 0 Å². The van der Waals surface area contributed by atoms with E-state index in [0.29, 0.717) is 11.8 Å². The van der Waals surface area contributed by atoms with Crippen molar-refractivity contribution in [1.29, 1.82) is 0 Å². The predicted molar refractivity (Wildman–Crippen MR) is 102 cm³/mol. The molecule has 1 aromatic carbocycles. The fourth-order valence-electron chi connectivity index (χ4n) is 2.36. The average Bonchev–Trinajstić information content (AvgIpc) is 2.63. The van der Waals surface area contributed by atoms with Crippen molar-refractivity contribution in [3.63, 3.8) is 0 Å². The summed E-state index contributed by atoms with van der Waals surface area (Å²) in [5.41, 5.74) is 4.90. The van der Waals surface area contributed by atoms with E-state index in [-0.39, 0.29) is 24.2 Å². The maximum Gasteiger partial charge on any atom is 0.326 e. The maximum atomic E-state index is 13.9. The summed E-state index contributed by atoms with van der Waals surface area (Å²) in [7, 11) is 1.26. The summed E-state index contributed by atoms with van der Waals surface area (Å²) in [6, 6.07) is 2.08. The third-order valence-electron chi connectivity index (χ3n) is 3.72. The molecule has 2 amide bonds. The number of benzene rings is 1. The Morgan fingerprint density at radius 2 is 1.93 bits per heavy atom. The van der Waals surface area contributed by atoms with Crippen molar-refractivity contribution in [2.75, 3.05) is 7.11 Å². The highest BCUT2D eigenvalue weighted by Gasteiger charge is 2.28. The van der Waals surface area contributed by atoms with Crippen molar-refractivity contribution < 1.29 is 38.2 Å². The largest absolute Gasteiger partial charge is 0.494 e. The molecule has 0 aliphatic rings. The number of primary amides is 1. The van der Waals surface area contributed by atoms with Crippen LogP contribution in [0.2, 0.25) is 0 Å². The van der Waals surface area contributed by atoms with Gasteiger partial charge in [-0.2, -0.15) is 0 Å². The third kappa shape index (κ3) is 7.90. The molecule has 0 aliphatic carbocycles. The van der Waals surface area contributed by atoms with E-state index < -0.39 is 52.2 Å². The number of carboxylic acids is 1. The third-order valence-corrected chi connectivity index (χ3v) is 4.72. The molecule has 4 N–H and O–H groups in total. The van der Waals surface area contributed by atoms with Crippen LogP contribution in [-0.2, 0) is 19.2 Å². The molecule has 0 aromatic heterocycles. The minimum Gasteiger partial charge on any atom is -0.494 e. The van der Waals surface area contributed by atoms with Crippen LogP contribution in [0.4, 0.5) is 4.39 Å². The molecule has 158 valence electrons. The molecule has 1 aromatic rings. The number of methoxy groups -OCH3 is 1. The summed E-state index contributed by atoms with van der Waals surface area (Å²) in [4.78, 5) is 58.4. The molecule has 1 unspecified atom stereocenters. The van der Waals surface area contributed by atoms with Gasteiger partial charge in [0.2, 0.25) is 11.8 Å². The van der Waals surface area contributed by atoms with Gasteiger partial charge in [0.1, 0.15) is 6.04 Å². The van der Waals surface area contributed by atoms with E-state index >= 15 is 0 Å². The fraction of sp³-hybridized carbons (Fsp3) is 0.389. The number of nitrogens with one attached hydrogen (secondary N) is 1. The molecule has 11 heteroatoms. The zero-order valence-electron chi connectivity index (χ0n) is 15.8. The molecular formula is C18H21FN2O7S. The zero-order valence-corrected chi connectivity index (χ0v) is 16.6. The number of hydrogen-bond acceptors (Lipinski definition) is 7. The van der Waals surface area contributed by atoms with Crippen LogP contribution >= 0.6 is 11.8 Å². The van der Waals surface area contributed by atoms with Gasteiger partial charge in [-0.05, 0) is 24.6 Å². The van der Waals surface area contributed by atoms with Crippen LogP contribution in [0.1, 0.15) is 36.5 Å². The first kappa shape index (κ1) is 24.1. The fourth-order valence-corrected chi connectivity index (χ4v) is 3.24. The van der Waals surface area contributed by atoms with Crippen LogP contribution in [0, 0.1) is 5.82 Å². The summed E-state index contributed by atoms with van der Waals surface area (Å²) >= 11 is 0.576. The first-order valence-electron chi connectivity index (χ1n) is 8.40. The van der Waals surface area contributed by atoms with Crippen molar-refractivity contribution in [3.8, 4) is 5.75 Å². The van der Waals surface area contributed by atoms with Gasteiger partial charge in [0.25, 0.3) is 0 Å². The number of rotatable bonds is 11. The maximum absolute atomic E-state index is 13.9. The highest BCUT2D eigenvalue weighted by molar-refractivity contribution is 8.14. The van der Waals surface area contributed by atoms with Crippen molar-refractivity contribution >= 4 is 40.4 Å². The van der Waals surface area contributed by atoms with Gasteiger partial charge in [-0.3, -0.25) is 19.2 Å². The molecule has 1 rings (SSSR count). The number of carbonyl (C=O) groups is 5. The van der Waals surface area contributed by atoms with Crippen LogP contribution in [0.25, 0.3) is 0 Å². The summed E-state index contributed by atoms with van der Waals surface area (Å²) in [5, 5.41) is 9.69. The number of carbonyl (C=O) groups excluding carboxylic acids is 4. The van der Waals surface area contributed by atoms with Gasteiger partial charge in [-0.15, -0.1) is 0 Å². The van der Waals surface area contributed by atoms with Gasteiger partial charge in [0, 0.05) is 25.3 Å². The van der Waals surface area contributed by atoms with Gasteiger partial charge in [-0.1, -0.05) is 11.8 Å². The highest BCUT2D eigenvalue weighted by Crippen LogP contribution is 2.24. The molecule has 2 atom stereocenters. The van der Waals surface area contributed by atoms with E-state index in [9.17, 15) is 28.4 Å². The molecule has 0 saturated heterocycles. The summed E-state index contributed by atoms with van der Waals surface area (Å²) in [6.45, 7) is 1.20. The number of halogens is 1. The second kappa shape index (κ2) is 11.1. The molecule has 0 heterocycles. The zero-order chi connectivity index (χ0) is 22.1. The summed E-state index contributed by atoms with van der Waals surface area (Å²) in [6.07, 6.45) is -0.997. The first-order chi connectivity index (χ1) is 13.5. The van der Waals surface area contributed by atoms with Crippen LogP contribution < -0.4 is 15.8 Å². The monoisotopic (exact) mass is 428 g/mol. The Morgan fingerprint density at radius 1 is 1.28 bits per heavy atom. The van der Waals surface area contributed by atoms with Crippen molar-refractivity contribution in [2.24, 2.45) is 5.73 Å². The lowest BCUT2D eigenvalue weighted by molar-refractivity contribution is -0.142. The SMILES string of the molecule is COc1ccc(C(=O)C(CC(=O)N[C@@H](CCC(N)=O)C(=O)O)SC(C)=O)cc1F. The van der Waals surface area contributed by atoms with Gasteiger partial charge >= 0.3 is 5.97 Å². The molecule has 0 bridgehead atoms. The predicted octanol–water partition coefficient (Wildman–Crippen LogP) is 0.890. The Kier molecular flexibility index (Phi) is 9.26. The number of aliphatic carboxylic acids is 1. The number of Topliss-reactive ketones (excluding diaryl/α,β-unsaturated/α-hetero) is 1. The highest BCUT2D eigenvalue weighted by atomic mass is 32.2. The molecule has 0 saturated carbocycles. The van der Waals surface area contributed by atoms with Gasteiger partial charge < -0.3 is 20.9 Å². The van der Waals surface area contributed by atoms with Crippen molar-refractivity contribution in [1.82, 2.24) is 5.32 Å². The van der Waals surface area contributed by atoms with Crippen molar-refractivity contribution in [3.05, 3.63) is 29.6 Å². The van der Waals surface area contributed by atoms with Gasteiger partial charge in [0.15, 0.2) is 22.5 Å². The quantitative estimate of drug-likeness (QED) is 0.439. The number of ether oxygens (including phenoxy) is 1. The van der Waals surface area contributed by atoms with E-state index in [0.717, 1.165) is 6.07 Å². The minimum absolute atomic E-state index is 0.0710. The number of nitrogens with two attached hydrogens (primary N) is 1. The average molecular weight is 428 g/mol.